The molecule has 1 atom stereocenters. The van der Waals surface area contributed by atoms with Crippen molar-refractivity contribution in [3.63, 3.8) is 0 Å². The molecule has 0 heterocycles. The zero-order valence-corrected chi connectivity index (χ0v) is 11.0. The average Bonchev–Trinajstić information content (AvgIpc) is 2.20. The monoisotopic (exact) mass is 234 g/mol. The van der Waals surface area contributed by atoms with E-state index < -0.39 is 6.10 Å². The van der Waals surface area contributed by atoms with Crippen LogP contribution in [0.25, 0.3) is 0 Å². The predicted octanol–water partition coefficient (Wildman–Crippen LogP) is 3.54. The van der Waals surface area contributed by atoms with Crippen LogP contribution in [0.4, 0.5) is 0 Å². The highest BCUT2D eigenvalue weighted by Crippen LogP contribution is 2.31. The lowest BCUT2D eigenvalue weighted by molar-refractivity contribution is 0.164. The molecular formula is C15H22O2. The normalized spacial score (nSPS) is 17.6. The first-order chi connectivity index (χ1) is 8.08. The van der Waals surface area contributed by atoms with E-state index >= 15 is 0 Å². The molecule has 0 bridgehead atoms. The molecule has 1 N–H and O–H groups in total. The van der Waals surface area contributed by atoms with Gasteiger partial charge in [-0.15, -0.1) is 0 Å². The number of aryl methyl sites for hydroxylation is 2. The van der Waals surface area contributed by atoms with Crippen LogP contribution in [0.5, 0.6) is 5.75 Å². The number of benzene rings is 1. The zero-order valence-electron chi connectivity index (χ0n) is 11.0. The summed E-state index contributed by atoms with van der Waals surface area (Å²) in [4.78, 5) is 0. The van der Waals surface area contributed by atoms with Crippen molar-refractivity contribution in [2.45, 2.75) is 46.1 Å². The fraction of sp³-hybridized carbons (Fsp3) is 0.600. The molecule has 1 saturated carbocycles. The van der Waals surface area contributed by atoms with E-state index in [1.54, 1.807) is 6.92 Å². The van der Waals surface area contributed by atoms with Crippen LogP contribution in [-0.2, 0) is 0 Å². The minimum Gasteiger partial charge on any atom is -0.493 e. The van der Waals surface area contributed by atoms with Gasteiger partial charge in [-0.25, -0.2) is 0 Å². The molecule has 0 saturated heterocycles. The van der Waals surface area contributed by atoms with Crippen LogP contribution in [0.3, 0.4) is 0 Å². The number of ether oxygens (including phenoxy) is 1. The molecule has 17 heavy (non-hydrogen) atoms. The van der Waals surface area contributed by atoms with Gasteiger partial charge < -0.3 is 9.84 Å². The highest BCUT2D eigenvalue weighted by atomic mass is 16.5. The van der Waals surface area contributed by atoms with E-state index in [1.165, 1.54) is 30.4 Å². The lowest BCUT2D eigenvalue weighted by atomic mass is 9.86. The third kappa shape index (κ3) is 2.81. The van der Waals surface area contributed by atoms with Crippen molar-refractivity contribution in [2.75, 3.05) is 6.61 Å². The lowest BCUT2D eigenvalue weighted by Crippen LogP contribution is -2.20. The molecule has 2 nitrogen and oxygen atoms in total. The largest absolute Gasteiger partial charge is 0.493 e. The summed E-state index contributed by atoms with van der Waals surface area (Å²) in [5.74, 6) is 1.58. The van der Waals surface area contributed by atoms with Gasteiger partial charge in [-0.3, -0.25) is 0 Å². The molecule has 94 valence electrons. The summed E-state index contributed by atoms with van der Waals surface area (Å²) in [5.41, 5.74) is 3.34. The third-order valence-corrected chi connectivity index (χ3v) is 3.78. The molecule has 1 aliphatic carbocycles. The van der Waals surface area contributed by atoms with E-state index in [2.05, 4.69) is 19.9 Å². The Balaban J connectivity index is 2.14. The zero-order chi connectivity index (χ0) is 12.4. The minimum absolute atomic E-state index is 0.467. The SMILES string of the molecule is Cc1cc(OCC2CCC2)c(C(C)O)cc1C. The van der Waals surface area contributed by atoms with Crippen LogP contribution in [0.15, 0.2) is 12.1 Å². The van der Waals surface area contributed by atoms with Crippen LogP contribution in [-0.4, -0.2) is 11.7 Å². The average molecular weight is 234 g/mol. The predicted molar refractivity (Wildman–Crippen MR) is 69.4 cm³/mol. The van der Waals surface area contributed by atoms with E-state index in [4.69, 9.17) is 4.74 Å². The molecule has 0 spiro atoms. The van der Waals surface area contributed by atoms with E-state index in [9.17, 15) is 5.11 Å². The Bertz CT molecular complexity index is 392. The van der Waals surface area contributed by atoms with Crippen LogP contribution in [0.1, 0.15) is 49.0 Å². The van der Waals surface area contributed by atoms with Crippen molar-refractivity contribution in [3.8, 4) is 5.75 Å². The fourth-order valence-electron chi connectivity index (χ4n) is 2.13. The first-order valence-corrected chi connectivity index (χ1v) is 6.50. The van der Waals surface area contributed by atoms with E-state index in [-0.39, 0.29) is 0 Å². The number of hydrogen-bond donors (Lipinski definition) is 1. The molecule has 1 aromatic carbocycles. The van der Waals surface area contributed by atoms with Crippen molar-refractivity contribution < 1.29 is 9.84 Å². The summed E-state index contributed by atoms with van der Waals surface area (Å²) in [5, 5.41) is 9.78. The summed E-state index contributed by atoms with van der Waals surface area (Å²) in [7, 11) is 0. The van der Waals surface area contributed by atoms with Gasteiger partial charge in [0, 0.05) is 5.56 Å². The molecule has 0 radical (unpaired) electrons. The van der Waals surface area contributed by atoms with E-state index in [1.807, 2.05) is 6.07 Å². The third-order valence-electron chi connectivity index (χ3n) is 3.78. The van der Waals surface area contributed by atoms with Crippen LogP contribution >= 0.6 is 0 Å². The highest BCUT2D eigenvalue weighted by molar-refractivity contribution is 5.42. The molecule has 0 aliphatic heterocycles. The number of hydrogen-bond acceptors (Lipinski definition) is 2. The Morgan fingerprint density at radius 3 is 2.47 bits per heavy atom. The number of aliphatic hydroxyl groups is 1. The first-order valence-electron chi connectivity index (χ1n) is 6.50. The molecule has 0 aromatic heterocycles. The Morgan fingerprint density at radius 2 is 1.94 bits per heavy atom. The van der Waals surface area contributed by atoms with Crippen molar-refractivity contribution in [1.29, 1.82) is 0 Å². The molecule has 1 aromatic rings. The highest BCUT2D eigenvalue weighted by Gasteiger charge is 2.19. The second-order valence-electron chi connectivity index (χ2n) is 5.26. The number of aliphatic hydroxyl groups excluding tert-OH is 1. The van der Waals surface area contributed by atoms with E-state index in [0.717, 1.165) is 23.8 Å². The molecule has 1 unspecified atom stereocenters. The molecule has 2 heteroatoms. The minimum atomic E-state index is -0.467. The summed E-state index contributed by atoms with van der Waals surface area (Å²) in [6.07, 6.45) is 3.44. The molecule has 0 amide bonds. The smallest absolute Gasteiger partial charge is 0.125 e. The Hall–Kier alpha value is -1.02. The van der Waals surface area contributed by atoms with Gasteiger partial charge in [0.1, 0.15) is 5.75 Å². The van der Waals surface area contributed by atoms with Gasteiger partial charge in [-0.2, -0.15) is 0 Å². The van der Waals surface area contributed by atoms with Gasteiger partial charge in [-0.1, -0.05) is 6.42 Å². The van der Waals surface area contributed by atoms with Crippen molar-refractivity contribution in [3.05, 3.63) is 28.8 Å². The maximum atomic E-state index is 9.78. The number of rotatable bonds is 4. The topological polar surface area (TPSA) is 29.5 Å². The standard InChI is InChI=1S/C15H22O2/c1-10-7-14(12(3)16)15(8-11(10)2)17-9-13-5-4-6-13/h7-8,12-13,16H,4-6,9H2,1-3H3. The maximum Gasteiger partial charge on any atom is 0.125 e. The second-order valence-corrected chi connectivity index (χ2v) is 5.26. The van der Waals surface area contributed by atoms with Crippen molar-refractivity contribution in [2.24, 2.45) is 5.92 Å². The van der Waals surface area contributed by atoms with Gasteiger partial charge in [0.05, 0.1) is 12.7 Å². The van der Waals surface area contributed by atoms with Crippen LogP contribution < -0.4 is 4.74 Å². The molecular weight excluding hydrogens is 212 g/mol. The van der Waals surface area contributed by atoms with Crippen molar-refractivity contribution in [1.82, 2.24) is 0 Å². The maximum absolute atomic E-state index is 9.78. The Kier molecular flexibility index (Phi) is 3.72. The molecule has 2 rings (SSSR count). The summed E-state index contributed by atoms with van der Waals surface area (Å²) < 4.78 is 5.88. The van der Waals surface area contributed by atoms with E-state index in [0.29, 0.717) is 0 Å². The lowest BCUT2D eigenvalue weighted by Gasteiger charge is -2.26. The van der Waals surface area contributed by atoms with Crippen LogP contribution in [0.2, 0.25) is 0 Å². The summed E-state index contributed by atoms with van der Waals surface area (Å²) in [6, 6.07) is 4.09. The molecule has 1 aliphatic rings. The first kappa shape index (κ1) is 12.4. The second kappa shape index (κ2) is 5.09. The van der Waals surface area contributed by atoms with Gasteiger partial charge in [-0.05, 0) is 62.8 Å². The van der Waals surface area contributed by atoms with Crippen molar-refractivity contribution >= 4 is 0 Å². The molecule has 1 fully saturated rings. The van der Waals surface area contributed by atoms with Gasteiger partial charge in [0.15, 0.2) is 0 Å². The fourth-order valence-corrected chi connectivity index (χ4v) is 2.13. The summed E-state index contributed by atoms with van der Waals surface area (Å²) in [6.45, 7) is 6.73. The Morgan fingerprint density at radius 1 is 1.29 bits per heavy atom. The van der Waals surface area contributed by atoms with Gasteiger partial charge in [0.2, 0.25) is 0 Å². The van der Waals surface area contributed by atoms with Gasteiger partial charge in [0.25, 0.3) is 0 Å². The van der Waals surface area contributed by atoms with Gasteiger partial charge >= 0.3 is 0 Å². The Labute approximate surface area is 104 Å². The summed E-state index contributed by atoms with van der Waals surface area (Å²) >= 11 is 0. The quantitative estimate of drug-likeness (QED) is 0.863. The van der Waals surface area contributed by atoms with Crippen LogP contribution in [0, 0.1) is 19.8 Å².